The Morgan fingerprint density at radius 3 is 2.40 bits per heavy atom. The van der Waals surface area contributed by atoms with Gasteiger partial charge >= 0.3 is 6.18 Å². The second-order valence-electron chi connectivity index (χ2n) is 4.80. The van der Waals surface area contributed by atoms with Crippen LogP contribution in [0.3, 0.4) is 0 Å². The van der Waals surface area contributed by atoms with Crippen molar-refractivity contribution in [1.82, 2.24) is 10.9 Å². The minimum Gasteiger partial charge on any atom is -0.272 e. The number of hydrazine groups is 1. The van der Waals surface area contributed by atoms with Gasteiger partial charge in [-0.2, -0.15) is 13.2 Å². The highest BCUT2D eigenvalue weighted by Crippen LogP contribution is 2.29. The molecule has 0 spiro atoms. The van der Waals surface area contributed by atoms with Crippen LogP contribution in [0.1, 0.15) is 15.9 Å². The third-order valence-electron chi connectivity index (χ3n) is 2.96. The molecule has 2 amide bonds. The van der Waals surface area contributed by atoms with Gasteiger partial charge in [0.1, 0.15) is 5.82 Å². The van der Waals surface area contributed by atoms with Gasteiger partial charge in [-0.3, -0.25) is 20.4 Å². The number of benzene rings is 2. The van der Waals surface area contributed by atoms with Crippen LogP contribution in [-0.2, 0) is 11.0 Å². The summed E-state index contributed by atoms with van der Waals surface area (Å²) < 4.78 is 51.2. The van der Waals surface area contributed by atoms with E-state index in [0.717, 1.165) is 23.9 Å². The molecule has 25 heavy (non-hydrogen) atoms. The normalized spacial score (nSPS) is 11.0. The number of thioether (sulfide) groups is 1. The molecule has 2 aromatic rings. The molecule has 0 fully saturated rings. The molecule has 9 heteroatoms. The Morgan fingerprint density at radius 2 is 1.72 bits per heavy atom. The van der Waals surface area contributed by atoms with E-state index in [1.165, 1.54) is 24.3 Å². The summed E-state index contributed by atoms with van der Waals surface area (Å²) in [5.74, 6) is -2.18. The van der Waals surface area contributed by atoms with Gasteiger partial charge in [0.25, 0.3) is 5.91 Å². The molecule has 132 valence electrons. The maximum atomic E-state index is 13.4. The number of carbonyl (C=O) groups is 2. The number of hydrogen-bond donors (Lipinski definition) is 2. The highest BCUT2D eigenvalue weighted by molar-refractivity contribution is 8.00. The molecule has 0 aliphatic heterocycles. The molecule has 0 atom stereocenters. The lowest BCUT2D eigenvalue weighted by molar-refractivity contribution is -0.137. The Labute approximate surface area is 144 Å². The first kappa shape index (κ1) is 18.8. The van der Waals surface area contributed by atoms with Crippen molar-refractivity contribution in [1.29, 1.82) is 0 Å². The smallest absolute Gasteiger partial charge is 0.272 e. The van der Waals surface area contributed by atoms with Crippen molar-refractivity contribution in [2.75, 3.05) is 5.75 Å². The average molecular weight is 372 g/mol. The number of alkyl halides is 3. The van der Waals surface area contributed by atoms with Gasteiger partial charge in [0.15, 0.2) is 0 Å². The fourth-order valence-corrected chi connectivity index (χ4v) is 2.52. The Balaban J connectivity index is 1.87. The molecule has 0 heterocycles. The van der Waals surface area contributed by atoms with Crippen molar-refractivity contribution in [3.8, 4) is 0 Å². The predicted octanol–water partition coefficient (Wildman–Crippen LogP) is 3.40. The number of hydrogen-bond acceptors (Lipinski definition) is 3. The maximum Gasteiger partial charge on any atom is 0.416 e. The summed E-state index contributed by atoms with van der Waals surface area (Å²) in [6, 6.07) is 9.64. The molecule has 4 nitrogen and oxygen atoms in total. The van der Waals surface area contributed by atoms with Gasteiger partial charge in [-0.15, -0.1) is 11.8 Å². The van der Waals surface area contributed by atoms with Crippen molar-refractivity contribution in [3.05, 3.63) is 65.5 Å². The standard InChI is InChI=1S/C16H12F4N2O2S/c17-12-6-1-2-7-13(12)25-9-14(23)21-22-15(24)10-4-3-5-11(8-10)16(18,19)20/h1-8H,9H2,(H,21,23)(H,22,24). The zero-order valence-electron chi connectivity index (χ0n) is 12.6. The first-order valence-corrected chi connectivity index (χ1v) is 7.89. The van der Waals surface area contributed by atoms with E-state index in [0.29, 0.717) is 6.07 Å². The van der Waals surface area contributed by atoms with Crippen LogP contribution >= 0.6 is 11.8 Å². The van der Waals surface area contributed by atoms with Gasteiger partial charge in [0.05, 0.1) is 11.3 Å². The summed E-state index contributed by atoms with van der Waals surface area (Å²) in [7, 11) is 0. The van der Waals surface area contributed by atoms with Gasteiger partial charge in [0, 0.05) is 10.5 Å². The third kappa shape index (κ3) is 5.49. The summed E-state index contributed by atoms with van der Waals surface area (Å²) in [5, 5.41) is 0. The van der Waals surface area contributed by atoms with E-state index in [4.69, 9.17) is 0 Å². The monoisotopic (exact) mass is 372 g/mol. The first-order chi connectivity index (χ1) is 11.8. The molecule has 0 radical (unpaired) electrons. The van der Waals surface area contributed by atoms with Crippen LogP contribution in [0, 0.1) is 5.82 Å². The maximum absolute atomic E-state index is 13.4. The summed E-state index contributed by atoms with van der Waals surface area (Å²) in [6.45, 7) is 0. The molecule has 0 bridgehead atoms. The van der Waals surface area contributed by atoms with Crippen molar-refractivity contribution >= 4 is 23.6 Å². The van der Waals surface area contributed by atoms with Gasteiger partial charge in [0.2, 0.25) is 5.91 Å². The van der Waals surface area contributed by atoms with Gasteiger partial charge in [-0.05, 0) is 30.3 Å². The van der Waals surface area contributed by atoms with Crippen LogP contribution in [0.25, 0.3) is 0 Å². The van der Waals surface area contributed by atoms with Crippen LogP contribution in [0.4, 0.5) is 17.6 Å². The molecule has 0 saturated heterocycles. The largest absolute Gasteiger partial charge is 0.416 e. The van der Waals surface area contributed by atoms with E-state index < -0.39 is 29.4 Å². The Bertz CT molecular complexity index is 781. The van der Waals surface area contributed by atoms with Gasteiger partial charge in [-0.1, -0.05) is 18.2 Å². The molecule has 0 aliphatic rings. The SMILES string of the molecule is O=C(CSc1ccccc1F)NNC(=O)c1cccc(C(F)(F)F)c1. The van der Waals surface area contributed by atoms with Crippen LogP contribution in [-0.4, -0.2) is 17.6 Å². The molecule has 0 unspecified atom stereocenters. The summed E-state index contributed by atoms with van der Waals surface area (Å²) in [5.41, 5.74) is 2.86. The molecule has 0 aromatic heterocycles. The highest BCUT2D eigenvalue weighted by atomic mass is 32.2. The number of amides is 2. The average Bonchev–Trinajstić information content (AvgIpc) is 2.58. The minimum absolute atomic E-state index is 0.177. The van der Waals surface area contributed by atoms with Crippen LogP contribution in [0.2, 0.25) is 0 Å². The molecule has 2 aromatic carbocycles. The van der Waals surface area contributed by atoms with E-state index in [2.05, 4.69) is 5.43 Å². The molecule has 2 N–H and O–H groups in total. The molecular formula is C16H12F4N2O2S. The van der Waals surface area contributed by atoms with Crippen molar-refractivity contribution in [2.24, 2.45) is 0 Å². The topological polar surface area (TPSA) is 58.2 Å². The van der Waals surface area contributed by atoms with Crippen molar-refractivity contribution in [3.63, 3.8) is 0 Å². The fraction of sp³-hybridized carbons (Fsp3) is 0.125. The van der Waals surface area contributed by atoms with Crippen molar-refractivity contribution < 1.29 is 27.2 Å². The van der Waals surface area contributed by atoms with Crippen LogP contribution in [0.15, 0.2) is 53.4 Å². The Morgan fingerprint density at radius 1 is 1.00 bits per heavy atom. The number of halogens is 4. The van der Waals surface area contributed by atoms with E-state index in [1.807, 2.05) is 5.43 Å². The quantitative estimate of drug-likeness (QED) is 0.491. The number of carbonyl (C=O) groups excluding carboxylic acids is 2. The summed E-state index contributed by atoms with van der Waals surface area (Å²) in [6.07, 6.45) is -4.57. The lowest BCUT2D eigenvalue weighted by Gasteiger charge is -2.10. The number of rotatable bonds is 4. The lowest BCUT2D eigenvalue weighted by Crippen LogP contribution is -2.42. The second kappa shape index (κ2) is 8.02. The zero-order chi connectivity index (χ0) is 18.4. The van der Waals surface area contributed by atoms with E-state index >= 15 is 0 Å². The molecular weight excluding hydrogens is 360 g/mol. The van der Waals surface area contributed by atoms with Crippen molar-refractivity contribution in [2.45, 2.75) is 11.1 Å². The minimum atomic E-state index is -4.57. The van der Waals surface area contributed by atoms with Gasteiger partial charge < -0.3 is 0 Å². The highest BCUT2D eigenvalue weighted by Gasteiger charge is 2.30. The molecule has 0 saturated carbocycles. The predicted molar refractivity (Wildman–Crippen MR) is 84.2 cm³/mol. The Kier molecular flexibility index (Phi) is 6.02. The van der Waals surface area contributed by atoms with E-state index in [-0.39, 0.29) is 16.2 Å². The van der Waals surface area contributed by atoms with Crippen LogP contribution < -0.4 is 10.9 Å². The van der Waals surface area contributed by atoms with E-state index in [1.54, 1.807) is 6.07 Å². The zero-order valence-corrected chi connectivity index (χ0v) is 13.4. The molecule has 2 rings (SSSR count). The summed E-state index contributed by atoms with van der Waals surface area (Å²) >= 11 is 0.921. The van der Waals surface area contributed by atoms with E-state index in [9.17, 15) is 27.2 Å². The van der Waals surface area contributed by atoms with Gasteiger partial charge in [-0.25, -0.2) is 4.39 Å². The first-order valence-electron chi connectivity index (χ1n) is 6.91. The molecule has 0 aliphatic carbocycles. The summed E-state index contributed by atoms with van der Waals surface area (Å²) in [4.78, 5) is 23.7. The second-order valence-corrected chi connectivity index (χ2v) is 5.82. The Hall–Kier alpha value is -2.55. The third-order valence-corrected chi connectivity index (χ3v) is 4.01. The van der Waals surface area contributed by atoms with Crippen LogP contribution in [0.5, 0.6) is 0 Å². The lowest BCUT2D eigenvalue weighted by atomic mass is 10.1. The number of nitrogens with one attached hydrogen (secondary N) is 2. The fourth-order valence-electron chi connectivity index (χ4n) is 1.78.